The standard InChI is InChI=1S/C16H24N6/c1-4-10-17-16(18-11-14-8-6-5-7-9-14)19-12-15-21-20-13(2)22(15)3/h5-9H,4,10-12H2,1-3H3,(H2,17,18,19). The van der Waals surface area contributed by atoms with Crippen molar-refractivity contribution in [2.75, 3.05) is 6.54 Å². The summed E-state index contributed by atoms with van der Waals surface area (Å²) in [5.41, 5.74) is 1.19. The van der Waals surface area contributed by atoms with E-state index >= 15 is 0 Å². The van der Waals surface area contributed by atoms with E-state index < -0.39 is 0 Å². The molecule has 2 N–H and O–H groups in total. The summed E-state index contributed by atoms with van der Waals surface area (Å²) in [5.74, 6) is 2.59. The minimum absolute atomic E-state index is 0.599. The number of hydrogen-bond donors (Lipinski definition) is 2. The molecule has 1 aromatic carbocycles. The van der Waals surface area contributed by atoms with Crippen molar-refractivity contribution in [3.63, 3.8) is 0 Å². The molecule has 2 aromatic rings. The molecule has 1 heterocycles. The number of hydrogen-bond acceptors (Lipinski definition) is 3. The lowest BCUT2D eigenvalue weighted by Crippen LogP contribution is -2.37. The summed E-state index contributed by atoms with van der Waals surface area (Å²) in [6.45, 7) is 6.21. The first-order valence-corrected chi connectivity index (χ1v) is 7.61. The number of aliphatic imine (C=N–C) groups is 1. The smallest absolute Gasteiger partial charge is 0.191 e. The van der Waals surface area contributed by atoms with Crippen LogP contribution in [0.4, 0.5) is 0 Å². The molecule has 0 aliphatic rings. The van der Waals surface area contributed by atoms with Crippen LogP contribution in [-0.2, 0) is 20.1 Å². The molecule has 0 aliphatic carbocycles. The third-order valence-electron chi connectivity index (χ3n) is 3.40. The molecule has 0 spiro atoms. The SMILES string of the molecule is CCCNC(=NCc1ccccc1)NCc1nnc(C)n1C. The van der Waals surface area contributed by atoms with Crippen molar-refractivity contribution in [2.45, 2.75) is 33.4 Å². The Labute approximate surface area is 131 Å². The van der Waals surface area contributed by atoms with Crippen molar-refractivity contribution in [3.05, 3.63) is 47.5 Å². The monoisotopic (exact) mass is 300 g/mol. The summed E-state index contributed by atoms with van der Waals surface area (Å²) >= 11 is 0. The predicted octanol–water partition coefficient (Wildman–Crippen LogP) is 1.77. The molecule has 6 heteroatoms. The average Bonchev–Trinajstić information content (AvgIpc) is 2.87. The van der Waals surface area contributed by atoms with Gasteiger partial charge in [0.15, 0.2) is 11.8 Å². The van der Waals surface area contributed by atoms with Gasteiger partial charge < -0.3 is 15.2 Å². The first-order chi connectivity index (χ1) is 10.7. The molecule has 1 aromatic heterocycles. The van der Waals surface area contributed by atoms with E-state index in [1.165, 1.54) is 5.56 Å². The maximum Gasteiger partial charge on any atom is 0.191 e. The van der Waals surface area contributed by atoms with Gasteiger partial charge in [-0.15, -0.1) is 10.2 Å². The van der Waals surface area contributed by atoms with Gasteiger partial charge in [-0.3, -0.25) is 0 Å². The van der Waals surface area contributed by atoms with Gasteiger partial charge in [0, 0.05) is 13.6 Å². The van der Waals surface area contributed by atoms with Gasteiger partial charge in [0.2, 0.25) is 0 Å². The van der Waals surface area contributed by atoms with Crippen LogP contribution in [0.2, 0.25) is 0 Å². The quantitative estimate of drug-likeness (QED) is 0.630. The number of nitrogens with zero attached hydrogens (tertiary/aromatic N) is 4. The Morgan fingerprint density at radius 1 is 1.18 bits per heavy atom. The molecule has 2 rings (SSSR count). The van der Waals surface area contributed by atoms with Crippen LogP contribution in [0.5, 0.6) is 0 Å². The van der Waals surface area contributed by atoms with Crippen molar-refractivity contribution < 1.29 is 0 Å². The first-order valence-electron chi connectivity index (χ1n) is 7.61. The molecule has 0 saturated heterocycles. The van der Waals surface area contributed by atoms with Crippen molar-refractivity contribution in [1.82, 2.24) is 25.4 Å². The fraction of sp³-hybridized carbons (Fsp3) is 0.438. The summed E-state index contributed by atoms with van der Waals surface area (Å²) in [7, 11) is 1.96. The highest BCUT2D eigenvalue weighted by atomic mass is 15.3. The maximum atomic E-state index is 4.62. The van der Waals surface area contributed by atoms with Crippen LogP contribution in [0.1, 0.15) is 30.6 Å². The number of guanidine groups is 1. The Balaban J connectivity index is 1.97. The molecule has 6 nitrogen and oxygen atoms in total. The third kappa shape index (κ3) is 4.58. The molecule has 0 unspecified atom stereocenters. The maximum absolute atomic E-state index is 4.62. The lowest BCUT2D eigenvalue weighted by atomic mass is 10.2. The van der Waals surface area contributed by atoms with Crippen molar-refractivity contribution in [1.29, 1.82) is 0 Å². The second-order valence-electron chi connectivity index (χ2n) is 5.15. The van der Waals surface area contributed by atoms with Crippen LogP contribution in [0, 0.1) is 6.92 Å². The van der Waals surface area contributed by atoms with E-state index in [0.29, 0.717) is 13.1 Å². The highest BCUT2D eigenvalue weighted by Crippen LogP contribution is 2.00. The number of nitrogens with one attached hydrogen (secondary N) is 2. The van der Waals surface area contributed by atoms with Gasteiger partial charge >= 0.3 is 0 Å². The molecule has 0 atom stereocenters. The Hall–Kier alpha value is -2.37. The Kier molecular flexibility index (Phi) is 5.94. The van der Waals surface area contributed by atoms with Crippen molar-refractivity contribution in [3.8, 4) is 0 Å². The third-order valence-corrected chi connectivity index (χ3v) is 3.40. The number of benzene rings is 1. The van der Waals surface area contributed by atoms with Crippen LogP contribution in [-0.4, -0.2) is 27.3 Å². The van der Waals surface area contributed by atoms with Gasteiger partial charge in [-0.1, -0.05) is 37.3 Å². The summed E-state index contributed by atoms with van der Waals surface area (Å²) < 4.78 is 1.97. The van der Waals surface area contributed by atoms with E-state index in [2.05, 4.69) is 44.9 Å². The highest BCUT2D eigenvalue weighted by molar-refractivity contribution is 5.79. The van der Waals surface area contributed by atoms with Crippen LogP contribution in [0.25, 0.3) is 0 Å². The van der Waals surface area contributed by atoms with Crippen LogP contribution in [0.3, 0.4) is 0 Å². The first kappa shape index (κ1) is 16.0. The fourth-order valence-electron chi connectivity index (χ4n) is 1.94. The molecule has 118 valence electrons. The summed E-state index contributed by atoms with van der Waals surface area (Å²) in [5, 5.41) is 14.8. The fourth-order valence-corrected chi connectivity index (χ4v) is 1.94. The average molecular weight is 300 g/mol. The number of aryl methyl sites for hydroxylation is 1. The predicted molar refractivity (Wildman–Crippen MR) is 88.5 cm³/mol. The lowest BCUT2D eigenvalue weighted by molar-refractivity contribution is 0.710. The molecule has 0 amide bonds. The molecule has 0 radical (unpaired) electrons. The van der Waals surface area contributed by atoms with Crippen LogP contribution < -0.4 is 10.6 Å². The molecule has 0 saturated carbocycles. The van der Waals surface area contributed by atoms with Gasteiger partial charge in [-0.25, -0.2) is 4.99 Å². The molecule has 0 aliphatic heterocycles. The van der Waals surface area contributed by atoms with E-state index in [9.17, 15) is 0 Å². The second kappa shape index (κ2) is 8.17. The van der Waals surface area contributed by atoms with E-state index in [-0.39, 0.29) is 0 Å². The highest BCUT2D eigenvalue weighted by Gasteiger charge is 2.05. The molecule has 22 heavy (non-hydrogen) atoms. The van der Waals surface area contributed by atoms with E-state index in [1.807, 2.05) is 36.7 Å². The van der Waals surface area contributed by atoms with Gasteiger partial charge in [-0.05, 0) is 18.9 Å². The van der Waals surface area contributed by atoms with Crippen molar-refractivity contribution in [2.24, 2.45) is 12.0 Å². The zero-order valence-corrected chi connectivity index (χ0v) is 13.5. The summed E-state index contributed by atoms with van der Waals surface area (Å²) in [4.78, 5) is 4.62. The van der Waals surface area contributed by atoms with Gasteiger partial charge in [0.25, 0.3) is 0 Å². The van der Waals surface area contributed by atoms with Crippen LogP contribution >= 0.6 is 0 Å². The van der Waals surface area contributed by atoms with E-state index in [0.717, 1.165) is 30.6 Å². The number of rotatable bonds is 6. The van der Waals surface area contributed by atoms with Gasteiger partial charge in [0.05, 0.1) is 13.1 Å². The molecule has 0 bridgehead atoms. The van der Waals surface area contributed by atoms with E-state index in [1.54, 1.807) is 0 Å². The Bertz CT molecular complexity index is 602. The number of aromatic nitrogens is 3. The minimum atomic E-state index is 0.599. The molecule has 0 fully saturated rings. The Morgan fingerprint density at radius 2 is 1.95 bits per heavy atom. The largest absolute Gasteiger partial charge is 0.356 e. The second-order valence-corrected chi connectivity index (χ2v) is 5.15. The minimum Gasteiger partial charge on any atom is -0.356 e. The molecular formula is C16H24N6. The summed E-state index contributed by atoms with van der Waals surface area (Å²) in [6, 6.07) is 10.2. The van der Waals surface area contributed by atoms with E-state index in [4.69, 9.17) is 0 Å². The normalized spacial score (nSPS) is 11.5. The van der Waals surface area contributed by atoms with Crippen molar-refractivity contribution >= 4 is 5.96 Å². The van der Waals surface area contributed by atoms with Crippen LogP contribution in [0.15, 0.2) is 35.3 Å². The van der Waals surface area contributed by atoms with Gasteiger partial charge in [-0.2, -0.15) is 0 Å². The zero-order chi connectivity index (χ0) is 15.8. The summed E-state index contributed by atoms with van der Waals surface area (Å²) in [6.07, 6.45) is 1.05. The molecular weight excluding hydrogens is 276 g/mol. The Morgan fingerprint density at radius 3 is 2.59 bits per heavy atom. The lowest BCUT2D eigenvalue weighted by Gasteiger charge is -2.12. The zero-order valence-electron chi connectivity index (χ0n) is 13.5. The topological polar surface area (TPSA) is 67.1 Å². The van der Waals surface area contributed by atoms with Gasteiger partial charge in [0.1, 0.15) is 5.82 Å².